The number of nitrogens with zero attached hydrogens (tertiary/aromatic N) is 2. The van der Waals surface area contributed by atoms with Crippen molar-refractivity contribution in [2.24, 2.45) is 5.92 Å². The third-order valence-corrected chi connectivity index (χ3v) is 7.59. The summed E-state index contributed by atoms with van der Waals surface area (Å²) in [5.41, 5.74) is 2.33. The number of hydrogen-bond acceptors (Lipinski definition) is 4. The Balaban J connectivity index is 1.69. The van der Waals surface area contributed by atoms with Gasteiger partial charge in [-0.25, -0.2) is 9.97 Å². The zero-order chi connectivity index (χ0) is 17.6. The molecule has 0 radical (unpaired) electrons. The minimum Gasteiger partial charge on any atom is -0.229 e. The van der Waals surface area contributed by atoms with Crippen LogP contribution in [0.3, 0.4) is 0 Å². The van der Waals surface area contributed by atoms with E-state index in [0.29, 0.717) is 20.8 Å². The largest absolute Gasteiger partial charge is 0.229 e. The van der Waals surface area contributed by atoms with E-state index < -0.39 is 0 Å². The quantitative estimate of drug-likeness (QED) is 0.329. The van der Waals surface area contributed by atoms with Gasteiger partial charge in [0, 0.05) is 31.1 Å². The summed E-state index contributed by atoms with van der Waals surface area (Å²) in [6.07, 6.45) is 5.14. The molecule has 7 heteroatoms. The van der Waals surface area contributed by atoms with E-state index in [2.05, 4.69) is 16.9 Å². The number of rotatable bonds is 3. The van der Waals surface area contributed by atoms with Gasteiger partial charge in [0.05, 0.1) is 0 Å². The Morgan fingerprint density at radius 3 is 2.72 bits per heavy atom. The van der Waals surface area contributed by atoms with E-state index in [9.17, 15) is 0 Å². The zero-order valence-corrected chi connectivity index (χ0v) is 17.4. The number of fused-ring (bicyclic) bond motifs is 3. The van der Waals surface area contributed by atoms with Crippen molar-refractivity contribution in [2.45, 2.75) is 37.0 Å². The molecule has 0 saturated heterocycles. The lowest BCUT2D eigenvalue weighted by atomic mass is 9.89. The molecule has 0 spiro atoms. The van der Waals surface area contributed by atoms with Crippen LogP contribution in [0.1, 0.15) is 29.3 Å². The molecule has 25 heavy (non-hydrogen) atoms. The third-order valence-electron chi connectivity index (χ3n) is 4.52. The van der Waals surface area contributed by atoms with Gasteiger partial charge in [-0.15, -0.1) is 23.1 Å². The van der Waals surface area contributed by atoms with E-state index in [4.69, 9.17) is 34.8 Å². The molecule has 1 aliphatic carbocycles. The van der Waals surface area contributed by atoms with Crippen LogP contribution >= 0.6 is 57.9 Å². The van der Waals surface area contributed by atoms with Crippen molar-refractivity contribution in [3.8, 4) is 0 Å². The molecule has 0 aliphatic heterocycles. The maximum Gasteiger partial charge on any atom is 0.128 e. The van der Waals surface area contributed by atoms with Crippen LogP contribution in [0.15, 0.2) is 23.5 Å². The van der Waals surface area contributed by atoms with Gasteiger partial charge in [-0.05, 0) is 48.4 Å². The van der Waals surface area contributed by atoms with Crippen molar-refractivity contribution in [3.05, 3.63) is 49.5 Å². The molecule has 4 rings (SSSR count). The summed E-state index contributed by atoms with van der Waals surface area (Å²) in [6, 6.07) is 3.46. The molecular weight excluding hydrogens is 415 g/mol. The van der Waals surface area contributed by atoms with Crippen LogP contribution in [0.5, 0.6) is 0 Å². The fraction of sp³-hybridized carbons (Fsp3) is 0.333. The van der Waals surface area contributed by atoms with Gasteiger partial charge >= 0.3 is 0 Å². The molecule has 0 amide bonds. The average Bonchev–Trinajstić information content (AvgIpc) is 2.91. The van der Waals surface area contributed by atoms with Crippen molar-refractivity contribution in [3.63, 3.8) is 0 Å². The Morgan fingerprint density at radius 1 is 1.20 bits per heavy atom. The van der Waals surface area contributed by atoms with Gasteiger partial charge in [0.2, 0.25) is 0 Å². The smallest absolute Gasteiger partial charge is 0.128 e. The van der Waals surface area contributed by atoms with Crippen molar-refractivity contribution in [1.29, 1.82) is 0 Å². The molecule has 3 aromatic rings. The van der Waals surface area contributed by atoms with Crippen molar-refractivity contribution in [1.82, 2.24) is 9.97 Å². The normalized spacial score (nSPS) is 17.0. The van der Waals surface area contributed by atoms with E-state index in [1.165, 1.54) is 22.2 Å². The predicted octanol–water partition coefficient (Wildman–Crippen LogP) is 7.07. The van der Waals surface area contributed by atoms with E-state index in [-0.39, 0.29) is 0 Å². The van der Waals surface area contributed by atoms with Gasteiger partial charge in [0.1, 0.15) is 16.2 Å². The molecule has 1 atom stereocenters. The molecular formula is C18H15Cl3N2S2. The predicted molar refractivity (Wildman–Crippen MR) is 110 cm³/mol. The molecule has 1 aliphatic rings. The molecule has 0 N–H and O–H groups in total. The maximum atomic E-state index is 6.32. The lowest BCUT2D eigenvalue weighted by Gasteiger charge is -2.18. The Morgan fingerprint density at radius 2 is 1.96 bits per heavy atom. The minimum absolute atomic E-state index is 0.550. The molecule has 0 bridgehead atoms. The monoisotopic (exact) mass is 428 g/mol. The second kappa shape index (κ2) is 7.24. The van der Waals surface area contributed by atoms with Crippen LogP contribution in [0.2, 0.25) is 15.1 Å². The highest BCUT2D eigenvalue weighted by Gasteiger charge is 2.23. The summed E-state index contributed by atoms with van der Waals surface area (Å²) in [5.74, 6) is 1.40. The Bertz CT molecular complexity index is 932. The van der Waals surface area contributed by atoms with Crippen LogP contribution in [0, 0.1) is 5.92 Å². The third kappa shape index (κ3) is 3.52. The van der Waals surface area contributed by atoms with Crippen LogP contribution in [-0.4, -0.2) is 9.97 Å². The summed E-state index contributed by atoms with van der Waals surface area (Å²) >= 11 is 22.1. The first-order valence-electron chi connectivity index (χ1n) is 8.04. The van der Waals surface area contributed by atoms with E-state index in [0.717, 1.165) is 34.2 Å². The van der Waals surface area contributed by atoms with Crippen LogP contribution in [0.4, 0.5) is 0 Å². The lowest BCUT2D eigenvalue weighted by molar-refractivity contribution is 0.509. The number of halogens is 3. The second-order valence-corrected chi connectivity index (χ2v) is 9.65. The first kappa shape index (κ1) is 17.9. The minimum atomic E-state index is 0.550. The SMILES string of the molecule is CC1CCc2c(sc3ncnc(SCc4c(Cl)cc(Cl)cc4Cl)c23)C1. The molecule has 2 heterocycles. The first-order valence-corrected chi connectivity index (χ1v) is 11.0. The highest BCUT2D eigenvalue weighted by Crippen LogP contribution is 2.42. The van der Waals surface area contributed by atoms with Gasteiger partial charge in [-0.3, -0.25) is 0 Å². The Kier molecular flexibility index (Phi) is 5.18. The van der Waals surface area contributed by atoms with Gasteiger partial charge in [-0.2, -0.15) is 0 Å². The molecule has 0 fully saturated rings. The molecule has 130 valence electrons. The fourth-order valence-electron chi connectivity index (χ4n) is 3.21. The van der Waals surface area contributed by atoms with Crippen molar-refractivity contribution >= 4 is 68.1 Å². The first-order chi connectivity index (χ1) is 12.0. The molecule has 1 unspecified atom stereocenters. The Labute approximate surface area is 169 Å². The summed E-state index contributed by atoms with van der Waals surface area (Å²) in [6.45, 7) is 2.32. The van der Waals surface area contributed by atoms with Gasteiger partial charge in [-0.1, -0.05) is 41.7 Å². The molecule has 2 nitrogen and oxygen atoms in total. The second-order valence-electron chi connectivity index (χ2n) is 6.35. The van der Waals surface area contributed by atoms with Gasteiger partial charge in [0.25, 0.3) is 0 Å². The molecule has 1 aromatic carbocycles. The van der Waals surface area contributed by atoms with Crippen LogP contribution in [0.25, 0.3) is 10.2 Å². The number of thioether (sulfide) groups is 1. The van der Waals surface area contributed by atoms with Gasteiger partial charge in [0.15, 0.2) is 0 Å². The zero-order valence-electron chi connectivity index (χ0n) is 13.5. The van der Waals surface area contributed by atoms with Crippen molar-refractivity contribution < 1.29 is 0 Å². The highest BCUT2D eigenvalue weighted by molar-refractivity contribution is 7.98. The highest BCUT2D eigenvalue weighted by atomic mass is 35.5. The number of aromatic nitrogens is 2. The van der Waals surface area contributed by atoms with E-state index in [1.807, 2.05) is 11.3 Å². The maximum absolute atomic E-state index is 6.32. The topological polar surface area (TPSA) is 25.8 Å². The number of benzene rings is 1. The standard InChI is InChI=1S/C18H15Cl3N2S2/c1-9-2-3-11-15(4-9)25-18-16(11)17(22-8-23-18)24-7-12-13(20)5-10(19)6-14(12)21/h5-6,8-9H,2-4,7H2,1H3. The average molecular weight is 430 g/mol. The van der Waals surface area contributed by atoms with Crippen molar-refractivity contribution in [2.75, 3.05) is 0 Å². The molecule has 2 aromatic heterocycles. The Hall–Kier alpha value is -0.520. The number of aryl methyl sites for hydroxylation is 1. The van der Waals surface area contributed by atoms with E-state index in [1.54, 1.807) is 30.2 Å². The summed E-state index contributed by atoms with van der Waals surface area (Å²) in [5, 5.41) is 3.97. The summed E-state index contributed by atoms with van der Waals surface area (Å²) in [4.78, 5) is 11.6. The lowest BCUT2D eigenvalue weighted by Crippen LogP contribution is -2.08. The summed E-state index contributed by atoms with van der Waals surface area (Å²) < 4.78 is 0. The van der Waals surface area contributed by atoms with Gasteiger partial charge < -0.3 is 0 Å². The summed E-state index contributed by atoms with van der Waals surface area (Å²) in [7, 11) is 0. The fourth-order valence-corrected chi connectivity index (χ4v) is 6.81. The number of thiophene rings is 1. The van der Waals surface area contributed by atoms with Crippen LogP contribution in [-0.2, 0) is 18.6 Å². The number of hydrogen-bond donors (Lipinski definition) is 0. The molecule has 0 saturated carbocycles. The van der Waals surface area contributed by atoms with Crippen LogP contribution < -0.4 is 0 Å². The van der Waals surface area contributed by atoms with E-state index >= 15 is 0 Å².